The molecular weight excluding hydrogens is 208 g/mol. The second-order valence-corrected chi connectivity index (χ2v) is 6.52. The molecule has 90 valence electrons. The summed E-state index contributed by atoms with van der Waals surface area (Å²) in [6, 6.07) is 8.04. The maximum absolute atomic E-state index is 10.1. The van der Waals surface area contributed by atoms with E-state index in [0.29, 0.717) is 11.7 Å². The highest BCUT2D eigenvalue weighted by Gasteiger charge is 2.48. The van der Waals surface area contributed by atoms with Crippen molar-refractivity contribution < 1.29 is 5.11 Å². The zero-order valence-electron chi connectivity index (χ0n) is 10.2. The van der Waals surface area contributed by atoms with Crippen molar-refractivity contribution in [1.29, 1.82) is 0 Å². The number of benzene rings is 1. The molecule has 0 saturated heterocycles. The Hall–Kier alpha value is -0.980. The molecule has 0 aliphatic heterocycles. The molecule has 1 nitrogen and oxygen atoms in total. The first-order chi connectivity index (χ1) is 8.31. The van der Waals surface area contributed by atoms with Gasteiger partial charge in [-0.05, 0) is 73.3 Å². The lowest BCUT2D eigenvalue weighted by Gasteiger charge is -2.54. The van der Waals surface area contributed by atoms with Gasteiger partial charge >= 0.3 is 0 Å². The van der Waals surface area contributed by atoms with Crippen molar-refractivity contribution in [3.05, 3.63) is 29.8 Å². The molecule has 0 radical (unpaired) electrons. The SMILES string of the molecule is Oc1ccccc1C1C2CC3CC(C2)CC1C3. The first kappa shape index (κ1) is 9.99. The van der Waals surface area contributed by atoms with E-state index in [0.717, 1.165) is 23.7 Å². The Morgan fingerprint density at radius 3 is 2.00 bits per heavy atom. The molecule has 0 amide bonds. The van der Waals surface area contributed by atoms with Gasteiger partial charge in [0.05, 0.1) is 0 Å². The minimum absolute atomic E-state index is 0.532. The summed E-state index contributed by atoms with van der Waals surface area (Å²) in [4.78, 5) is 0. The van der Waals surface area contributed by atoms with E-state index in [4.69, 9.17) is 0 Å². The first-order valence-electron chi connectivity index (χ1n) is 7.09. The van der Waals surface area contributed by atoms with Gasteiger partial charge < -0.3 is 5.11 Å². The van der Waals surface area contributed by atoms with Crippen LogP contribution in [0.5, 0.6) is 5.75 Å². The number of hydrogen-bond donors (Lipinski definition) is 1. The Balaban J connectivity index is 1.73. The molecule has 0 atom stereocenters. The molecule has 1 heteroatoms. The molecule has 0 unspecified atom stereocenters. The number of phenols is 1. The summed E-state index contributed by atoms with van der Waals surface area (Å²) in [7, 11) is 0. The Labute approximate surface area is 103 Å². The zero-order chi connectivity index (χ0) is 11.4. The van der Waals surface area contributed by atoms with Crippen molar-refractivity contribution in [2.75, 3.05) is 0 Å². The monoisotopic (exact) mass is 228 g/mol. The van der Waals surface area contributed by atoms with Crippen LogP contribution in [0, 0.1) is 23.7 Å². The lowest BCUT2D eigenvalue weighted by Crippen LogP contribution is -2.43. The number of phenolic OH excluding ortho intramolecular Hbond substituents is 1. The van der Waals surface area contributed by atoms with Crippen LogP contribution in [0.15, 0.2) is 24.3 Å². The predicted molar refractivity (Wildman–Crippen MR) is 67.9 cm³/mol. The van der Waals surface area contributed by atoms with Crippen LogP contribution in [0.4, 0.5) is 0 Å². The van der Waals surface area contributed by atoms with Gasteiger partial charge in [-0.25, -0.2) is 0 Å². The average Bonchev–Trinajstić information content (AvgIpc) is 2.30. The number of para-hydroxylation sites is 1. The second kappa shape index (κ2) is 3.51. The van der Waals surface area contributed by atoms with Crippen LogP contribution in [0.2, 0.25) is 0 Å². The first-order valence-corrected chi connectivity index (χ1v) is 7.09. The average molecular weight is 228 g/mol. The smallest absolute Gasteiger partial charge is 0.119 e. The third-order valence-electron chi connectivity index (χ3n) is 5.52. The van der Waals surface area contributed by atoms with E-state index >= 15 is 0 Å². The topological polar surface area (TPSA) is 20.2 Å². The van der Waals surface area contributed by atoms with E-state index in [-0.39, 0.29) is 0 Å². The molecule has 4 bridgehead atoms. The molecule has 0 aromatic heterocycles. The molecule has 0 heterocycles. The van der Waals surface area contributed by atoms with Crippen LogP contribution in [0.3, 0.4) is 0 Å². The van der Waals surface area contributed by atoms with E-state index in [9.17, 15) is 5.11 Å². The van der Waals surface area contributed by atoms with E-state index in [2.05, 4.69) is 12.1 Å². The second-order valence-electron chi connectivity index (χ2n) is 6.52. The van der Waals surface area contributed by atoms with Crippen LogP contribution >= 0.6 is 0 Å². The molecule has 0 spiro atoms. The van der Waals surface area contributed by atoms with Gasteiger partial charge in [-0.1, -0.05) is 18.2 Å². The Morgan fingerprint density at radius 1 is 0.824 bits per heavy atom. The summed E-state index contributed by atoms with van der Waals surface area (Å²) in [5.41, 5.74) is 1.24. The lowest BCUT2D eigenvalue weighted by molar-refractivity contribution is -0.00347. The molecule has 4 aliphatic rings. The highest BCUT2D eigenvalue weighted by Crippen LogP contribution is 2.60. The third kappa shape index (κ3) is 1.44. The summed E-state index contributed by atoms with van der Waals surface area (Å²) in [5.74, 6) is 4.94. The van der Waals surface area contributed by atoms with E-state index in [1.807, 2.05) is 12.1 Å². The fourth-order valence-corrected chi connectivity index (χ4v) is 5.20. The Morgan fingerprint density at radius 2 is 1.41 bits per heavy atom. The van der Waals surface area contributed by atoms with E-state index in [1.54, 1.807) is 0 Å². The van der Waals surface area contributed by atoms with Gasteiger partial charge in [-0.15, -0.1) is 0 Å². The zero-order valence-corrected chi connectivity index (χ0v) is 10.2. The van der Waals surface area contributed by atoms with E-state index < -0.39 is 0 Å². The van der Waals surface area contributed by atoms with Crippen LogP contribution in [-0.4, -0.2) is 5.11 Å². The summed E-state index contributed by atoms with van der Waals surface area (Å²) in [5, 5.41) is 10.1. The summed E-state index contributed by atoms with van der Waals surface area (Å²) in [6.07, 6.45) is 7.19. The van der Waals surface area contributed by atoms with Gasteiger partial charge in [-0.2, -0.15) is 0 Å². The minimum Gasteiger partial charge on any atom is -0.508 e. The predicted octanol–water partition coefficient (Wildman–Crippen LogP) is 3.93. The molecular formula is C16H20O. The molecule has 1 N–H and O–H groups in total. The van der Waals surface area contributed by atoms with Crippen molar-refractivity contribution in [1.82, 2.24) is 0 Å². The van der Waals surface area contributed by atoms with Crippen molar-refractivity contribution in [2.24, 2.45) is 23.7 Å². The molecule has 5 rings (SSSR count). The van der Waals surface area contributed by atoms with Crippen molar-refractivity contribution in [3.8, 4) is 5.75 Å². The Bertz CT molecular complexity index is 409. The van der Waals surface area contributed by atoms with Gasteiger partial charge in [0, 0.05) is 0 Å². The number of rotatable bonds is 1. The Kier molecular flexibility index (Phi) is 2.06. The quantitative estimate of drug-likeness (QED) is 0.772. The van der Waals surface area contributed by atoms with Crippen LogP contribution in [0.1, 0.15) is 43.6 Å². The highest BCUT2D eigenvalue weighted by atomic mass is 16.3. The summed E-state index contributed by atoms with van der Waals surface area (Å²) in [6.45, 7) is 0. The largest absolute Gasteiger partial charge is 0.508 e. The van der Waals surface area contributed by atoms with Gasteiger partial charge in [0.2, 0.25) is 0 Å². The van der Waals surface area contributed by atoms with Crippen LogP contribution < -0.4 is 0 Å². The standard InChI is InChI=1S/C16H20O/c17-15-4-2-1-3-14(15)16-12-6-10-5-11(8-12)9-13(16)7-10/h1-4,10-13,16-17H,5-9H2. The normalized spacial score (nSPS) is 42.9. The molecule has 1 aromatic rings. The number of hydrogen-bond acceptors (Lipinski definition) is 1. The van der Waals surface area contributed by atoms with Gasteiger partial charge in [0.15, 0.2) is 0 Å². The molecule has 4 saturated carbocycles. The third-order valence-corrected chi connectivity index (χ3v) is 5.52. The maximum atomic E-state index is 10.1. The highest BCUT2D eigenvalue weighted by molar-refractivity contribution is 5.37. The molecule has 4 aliphatic carbocycles. The molecule has 1 aromatic carbocycles. The number of aromatic hydroxyl groups is 1. The minimum atomic E-state index is 0.532. The summed E-state index contributed by atoms with van der Waals surface area (Å²) < 4.78 is 0. The fourth-order valence-electron chi connectivity index (χ4n) is 5.20. The van der Waals surface area contributed by atoms with Crippen LogP contribution in [-0.2, 0) is 0 Å². The van der Waals surface area contributed by atoms with Gasteiger partial charge in [0.1, 0.15) is 5.75 Å². The van der Waals surface area contributed by atoms with Crippen molar-refractivity contribution in [2.45, 2.75) is 38.0 Å². The summed E-state index contributed by atoms with van der Waals surface area (Å²) >= 11 is 0. The van der Waals surface area contributed by atoms with E-state index in [1.165, 1.54) is 37.7 Å². The lowest BCUT2D eigenvalue weighted by atomic mass is 9.50. The van der Waals surface area contributed by atoms with Gasteiger partial charge in [0.25, 0.3) is 0 Å². The van der Waals surface area contributed by atoms with Crippen molar-refractivity contribution >= 4 is 0 Å². The molecule has 4 fully saturated rings. The molecule has 17 heavy (non-hydrogen) atoms. The fraction of sp³-hybridized carbons (Fsp3) is 0.625. The van der Waals surface area contributed by atoms with Gasteiger partial charge in [-0.3, -0.25) is 0 Å². The van der Waals surface area contributed by atoms with Crippen LogP contribution in [0.25, 0.3) is 0 Å². The maximum Gasteiger partial charge on any atom is 0.119 e. The van der Waals surface area contributed by atoms with Crippen molar-refractivity contribution in [3.63, 3.8) is 0 Å².